The summed E-state index contributed by atoms with van der Waals surface area (Å²) < 4.78 is 0. The van der Waals surface area contributed by atoms with Crippen LogP contribution in [0.25, 0.3) is 0 Å². The number of carbonyl (C=O) groups excluding carboxylic acids is 2. The Balaban J connectivity index is 3.23. The Morgan fingerprint density at radius 3 is 1.55 bits per heavy atom. The molecule has 0 fully saturated rings. The monoisotopic (exact) mass is 344 g/mol. The molecule has 122 valence electrons. The van der Waals surface area contributed by atoms with Gasteiger partial charge in [0.2, 0.25) is 0 Å². The Hall–Kier alpha value is -1.26. The lowest BCUT2D eigenvalue weighted by molar-refractivity contribution is 0.0761. The highest BCUT2D eigenvalue weighted by molar-refractivity contribution is 6.40. The predicted molar refractivity (Wildman–Crippen MR) is 91.0 cm³/mol. The lowest BCUT2D eigenvalue weighted by atomic mass is 10.1. The number of halogens is 2. The Kier molecular flexibility index (Phi) is 7.17. The first-order valence-electron chi connectivity index (χ1n) is 7.48. The Morgan fingerprint density at radius 2 is 1.18 bits per heavy atom. The fourth-order valence-electron chi connectivity index (χ4n) is 2.26. The maximum Gasteiger partial charge on any atom is 0.256 e. The number of benzene rings is 1. The minimum Gasteiger partial charge on any atom is -0.339 e. The lowest BCUT2D eigenvalue weighted by Gasteiger charge is -2.22. The molecule has 0 aromatic heterocycles. The number of carbonyl (C=O) groups is 2. The van der Waals surface area contributed by atoms with Crippen molar-refractivity contribution in [2.75, 3.05) is 26.2 Å². The number of hydrogen-bond acceptors (Lipinski definition) is 2. The SMILES string of the molecule is CCN(CC)C(=O)c1cc(Cl)c(C(=O)N(CC)CC)c(Cl)c1. The van der Waals surface area contributed by atoms with Crippen LogP contribution in [0.15, 0.2) is 12.1 Å². The molecule has 0 radical (unpaired) electrons. The van der Waals surface area contributed by atoms with Gasteiger partial charge in [-0.25, -0.2) is 0 Å². The van der Waals surface area contributed by atoms with E-state index in [1.165, 1.54) is 12.1 Å². The average Bonchev–Trinajstić information content (AvgIpc) is 2.48. The van der Waals surface area contributed by atoms with Crippen LogP contribution in [0.5, 0.6) is 0 Å². The molecule has 0 saturated carbocycles. The molecule has 1 rings (SSSR count). The molecule has 0 aliphatic carbocycles. The predicted octanol–water partition coefficient (Wildman–Crippen LogP) is 3.96. The van der Waals surface area contributed by atoms with Gasteiger partial charge in [-0.1, -0.05) is 23.2 Å². The summed E-state index contributed by atoms with van der Waals surface area (Å²) >= 11 is 12.4. The molecule has 1 aromatic carbocycles. The largest absolute Gasteiger partial charge is 0.339 e. The zero-order valence-electron chi connectivity index (χ0n) is 13.4. The standard InChI is InChI=1S/C16H22Cl2N2O2/c1-5-19(6-2)15(21)11-9-12(17)14(13(18)10-11)16(22)20(7-3)8-4/h9-10H,5-8H2,1-4H3. The van der Waals surface area contributed by atoms with Gasteiger partial charge < -0.3 is 9.80 Å². The van der Waals surface area contributed by atoms with Crippen LogP contribution in [0.4, 0.5) is 0 Å². The third-order valence-electron chi connectivity index (χ3n) is 3.60. The molecule has 0 bridgehead atoms. The molecular formula is C16H22Cl2N2O2. The zero-order chi connectivity index (χ0) is 16.9. The van der Waals surface area contributed by atoms with Crippen molar-refractivity contribution in [1.29, 1.82) is 0 Å². The summed E-state index contributed by atoms with van der Waals surface area (Å²) in [5.74, 6) is -0.363. The van der Waals surface area contributed by atoms with E-state index in [1.54, 1.807) is 9.80 Å². The summed E-state index contributed by atoms with van der Waals surface area (Å²) in [6.45, 7) is 9.94. The molecule has 22 heavy (non-hydrogen) atoms. The first-order valence-corrected chi connectivity index (χ1v) is 8.24. The van der Waals surface area contributed by atoms with E-state index in [2.05, 4.69) is 0 Å². The van der Waals surface area contributed by atoms with E-state index >= 15 is 0 Å². The van der Waals surface area contributed by atoms with Crippen molar-refractivity contribution in [3.05, 3.63) is 33.3 Å². The maximum absolute atomic E-state index is 12.4. The van der Waals surface area contributed by atoms with Gasteiger partial charge in [-0.05, 0) is 39.8 Å². The fraction of sp³-hybridized carbons (Fsp3) is 0.500. The van der Waals surface area contributed by atoms with E-state index in [9.17, 15) is 9.59 Å². The van der Waals surface area contributed by atoms with Gasteiger partial charge in [-0.2, -0.15) is 0 Å². The van der Waals surface area contributed by atoms with Crippen molar-refractivity contribution in [2.24, 2.45) is 0 Å². The second-order valence-corrected chi connectivity index (χ2v) is 5.58. The normalized spacial score (nSPS) is 10.5. The molecule has 0 saturated heterocycles. The summed E-state index contributed by atoms with van der Waals surface area (Å²) in [7, 11) is 0. The number of amides is 2. The molecule has 6 heteroatoms. The topological polar surface area (TPSA) is 40.6 Å². The third kappa shape index (κ3) is 3.93. The smallest absolute Gasteiger partial charge is 0.256 e. The molecule has 0 aliphatic heterocycles. The van der Waals surface area contributed by atoms with Crippen LogP contribution in [-0.2, 0) is 0 Å². The molecular weight excluding hydrogens is 323 g/mol. The van der Waals surface area contributed by atoms with E-state index < -0.39 is 0 Å². The van der Waals surface area contributed by atoms with Crippen LogP contribution in [0.1, 0.15) is 48.4 Å². The molecule has 0 atom stereocenters. The quantitative estimate of drug-likeness (QED) is 0.783. The maximum atomic E-state index is 12.4. The van der Waals surface area contributed by atoms with E-state index in [4.69, 9.17) is 23.2 Å². The number of nitrogens with zero attached hydrogens (tertiary/aromatic N) is 2. The van der Waals surface area contributed by atoms with E-state index in [1.807, 2.05) is 27.7 Å². The summed E-state index contributed by atoms with van der Waals surface area (Å²) in [6, 6.07) is 3.04. The molecule has 2 amide bonds. The van der Waals surface area contributed by atoms with Crippen molar-refractivity contribution in [1.82, 2.24) is 9.80 Å². The first kappa shape index (κ1) is 18.8. The number of rotatable bonds is 6. The van der Waals surface area contributed by atoms with Gasteiger partial charge in [-0.15, -0.1) is 0 Å². The van der Waals surface area contributed by atoms with Crippen molar-refractivity contribution < 1.29 is 9.59 Å². The van der Waals surface area contributed by atoms with E-state index in [0.717, 1.165) is 0 Å². The van der Waals surface area contributed by atoms with Gasteiger partial charge >= 0.3 is 0 Å². The summed E-state index contributed by atoms with van der Waals surface area (Å²) in [4.78, 5) is 28.1. The molecule has 0 N–H and O–H groups in total. The first-order chi connectivity index (χ1) is 10.4. The van der Waals surface area contributed by atoms with Crippen molar-refractivity contribution in [3.8, 4) is 0 Å². The van der Waals surface area contributed by atoms with Gasteiger partial charge in [0.25, 0.3) is 11.8 Å². The van der Waals surface area contributed by atoms with Crippen LogP contribution in [0.3, 0.4) is 0 Å². The second-order valence-electron chi connectivity index (χ2n) is 4.77. The van der Waals surface area contributed by atoms with Crippen LogP contribution >= 0.6 is 23.2 Å². The number of hydrogen-bond donors (Lipinski definition) is 0. The van der Waals surface area contributed by atoms with Gasteiger partial charge in [0.05, 0.1) is 15.6 Å². The van der Waals surface area contributed by atoms with Crippen LogP contribution in [-0.4, -0.2) is 47.8 Å². The van der Waals surface area contributed by atoms with Crippen LogP contribution in [0, 0.1) is 0 Å². The van der Waals surface area contributed by atoms with Gasteiger partial charge in [0, 0.05) is 31.7 Å². The second kappa shape index (κ2) is 8.39. The van der Waals surface area contributed by atoms with E-state index in [-0.39, 0.29) is 27.4 Å². The third-order valence-corrected chi connectivity index (χ3v) is 4.20. The molecule has 0 unspecified atom stereocenters. The minimum atomic E-state index is -0.221. The zero-order valence-corrected chi connectivity index (χ0v) is 15.0. The van der Waals surface area contributed by atoms with Gasteiger partial charge in [0.1, 0.15) is 0 Å². The summed E-state index contributed by atoms with van der Waals surface area (Å²) in [5.41, 5.74) is 0.651. The molecule has 0 heterocycles. The van der Waals surface area contributed by atoms with Gasteiger partial charge in [0.15, 0.2) is 0 Å². The van der Waals surface area contributed by atoms with Crippen molar-refractivity contribution in [2.45, 2.75) is 27.7 Å². The highest BCUT2D eigenvalue weighted by Gasteiger charge is 2.22. The molecule has 0 aliphatic rings. The van der Waals surface area contributed by atoms with Crippen molar-refractivity contribution in [3.63, 3.8) is 0 Å². The van der Waals surface area contributed by atoms with Crippen LogP contribution < -0.4 is 0 Å². The average molecular weight is 345 g/mol. The Labute approximate surface area is 142 Å². The summed E-state index contributed by atoms with van der Waals surface area (Å²) in [6.07, 6.45) is 0. The van der Waals surface area contributed by atoms with E-state index in [0.29, 0.717) is 31.7 Å². The summed E-state index contributed by atoms with van der Waals surface area (Å²) in [5, 5.41) is 0.416. The van der Waals surface area contributed by atoms with Crippen LogP contribution in [0.2, 0.25) is 10.0 Å². The highest BCUT2D eigenvalue weighted by atomic mass is 35.5. The minimum absolute atomic E-state index is 0.143. The Morgan fingerprint density at radius 1 is 0.818 bits per heavy atom. The highest BCUT2D eigenvalue weighted by Crippen LogP contribution is 2.28. The molecule has 1 aromatic rings. The molecule has 4 nitrogen and oxygen atoms in total. The lowest BCUT2D eigenvalue weighted by Crippen LogP contribution is -2.32. The van der Waals surface area contributed by atoms with Gasteiger partial charge in [-0.3, -0.25) is 9.59 Å². The fourth-order valence-corrected chi connectivity index (χ4v) is 2.91. The molecule has 0 spiro atoms. The van der Waals surface area contributed by atoms with Crippen molar-refractivity contribution >= 4 is 35.0 Å². The Bertz CT molecular complexity index is 530.